The maximum absolute atomic E-state index is 12.3. The molecule has 0 spiro atoms. The first kappa shape index (κ1) is 14.0. The van der Waals surface area contributed by atoms with E-state index in [4.69, 9.17) is 5.11 Å². The highest BCUT2D eigenvalue weighted by Crippen LogP contribution is 2.23. The number of rotatable bonds is 6. The number of hydrogen-bond acceptors (Lipinski definition) is 4. The molecule has 0 aliphatic rings. The Kier molecular flexibility index (Phi) is 4.92. The first-order valence-corrected chi connectivity index (χ1v) is 6.89. The van der Waals surface area contributed by atoms with Crippen molar-refractivity contribution in [2.75, 3.05) is 32.1 Å². The average Bonchev–Trinajstić information content (AvgIpc) is 2.35. The molecule has 1 rings (SSSR count). The Morgan fingerprint density at radius 1 is 1.35 bits per heavy atom. The lowest BCUT2D eigenvalue weighted by molar-refractivity contribution is 0.257. The Bertz CT molecular complexity index is 460. The first-order chi connectivity index (χ1) is 8.07. The maximum Gasteiger partial charge on any atom is 0.245 e. The minimum atomic E-state index is -3.55. The van der Waals surface area contributed by atoms with Crippen molar-refractivity contribution in [1.82, 2.24) is 4.31 Å². The van der Waals surface area contributed by atoms with Gasteiger partial charge in [0.15, 0.2) is 0 Å². The van der Waals surface area contributed by atoms with Gasteiger partial charge in [-0.05, 0) is 12.1 Å². The third-order valence-electron chi connectivity index (χ3n) is 2.48. The molecule has 1 aromatic rings. The molecule has 0 aromatic heterocycles. The molecular formula is C11H18N2O3S. The number of hydrogen-bond donors (Lipinski definition) is 2. The number of aliphatic hydroxyl groups excluding tert-OH is 1. The normalized spacial score (nSPS) is 11.8. The van der Waals surface area contributed by atoms with Gasteiger partial charge in [0.25, 0.3) is 0 Å². The lowest BCUT2D eigenvalue weighted by atomic mass is 10.3. The molecule has 0 saturated carbocycles. The van der Waals surface area contributed by atoms with Crippen LogP contribution in [0.25, 0.3) is 0 Å². The van der Waals surface area contributed by atoms with Crippen LogP contribution < -0.4 is 5.32 Å². The highest BCUT2D eigenvalue weighted by Gasteiger charge is 2.24. The molecular weight excluding hydrogens is 240 g/mol. The van der Waals surface area contributed by atoms with Crippen molar-refractivity contribution in [1.29, 1.82) is 0 Å². The topological polar surface area (TPSA) is 69.6 Å². The molecule has 0 heterocycles. The van der Waals surface area contributed by atoms with E-state index in [-0.39, 0.29) is 18.0 Å². The van der Waals surface area contributed by atoms with Crippen LogP contribution in [0.15, 0.2) is 29.2 Å². The van der Waals surface area contributed by atoms with Gasteiger partial charge in [-0.1, -0.05) is 19.1 Å². The van der Waals surface area contributed by atoms with Crippen molar-refractivity contribution in [3.63, 3.8) is 0 Å². The molecule has 0 saturated heterocycles. The van der Waals surface area contributed by atoms with Gasteiger partial charge >= 0.3 is 0 Å². The van der Waals surface area contributed by atoms with E-state index in [2.05, 4.69) is 5.32 Å². The zero-order valence-corrected chi connectivity index (χ0v) is 10.9. The van der Waals surface area contributed by atoms with Crippen LogP contribution >= 0.6 is 0 Å². The van der Waals surface area contributed by atoms with Crippen LogP contribution in [0.4, 0.5) is 5.69 Å². The van der Waals surface area contributed by atoms with Gasteiger partial charge in [0.05, 0.1) is 12.3 Å². The zero-order chi connectivity index (χ0) is 12.9. The quantitative estimate of drug-likeness (QED) is 0.789. The molecule has 0 unspecified atom stereocenters. The predicted octanol–water partition coefficient (Wildman–Crippen LogP) is 0.731. The smallest absolute Gasteiger partial charge is 0.245 e. The molecule has 0 radical (unpaired) electrons. The van der Waals surface area contributed by atoms with Crippen molar-refractivity contribution in [2.45, 2.75) is 11.8 Å². The summed E-state index contributed by atoms with van der Waals surface area (Å²) in [6.07, 6.45) is 0. The molecule has 6 heteroatoms. The van der Waals surface area contributed by atoms with E-state index in [1.807, 2.05) is 0 Å². The minimum absolute atomic E-state index is 0.108. The van der Waals surface area contributed by atoms with Gasteiger partial charge < -0.3 is 10.4 Å². The number of anilines is 1. The van der Waals surface area contributed by atoms with Gasteiger partial charge in [-0.2, -0.15) is 4.31 Å². The minimum Gasteiger partial charge on any atom is -0.395 e. The highest BCUT2D eigenvalue weighted by molar-refractivity contribution is 7.89. The van der Waals surface area contributed by atoms with E-state index in [1.54, 1.807) is 38.2 Å². The number of likely N-dealkylation sites (N-methyl/N-ethyl adjacent to an activating group) is 1. The number of para-hydroxylation sites is 1. The summed E-state index contributed by atoms with van der Waals surface area (Å²) in [6, 6.07) is 6.72. The summed E-state index contributed by atoms with van der Waals surface area (Å²) in [5, 5.41) is 11.7. The molecule has 96 valence electrons. The average molecular weight is 258 g/mol. The molecule has 0 aliphatic carbocycles. The Labute approximate surface area is 102 Å². The van der Waals surface area contributed by atoms with Gasteiger partial charge in [0.1, 0.15) is 4.90 Å². The van der Waals surface area contributed by atoms with Crippen molar-refractivity contribution in [3.8, 4) is 0 Å². The van der Waals surface area contributed by atoms with E-state index in [9.17, 15) is 8.42 Å². The van der Waals surface area contributed by atoms with Gasteiger partial charge in [0.2, 0.25) is 10.0 Å². The lowest BCUT2D eigenvalue weighted by Gasteiger charge is -2.20. The second-order valence-corrected chi connectivity index (χ2v) is 5.37. The van der Waals surface area contributed by atoms with Gasteiger partial charge in [-0.15, -0.1) is 0 Å². The molecule has 17 heavy (non-hydrogen) atoms. The van der Waals surface area contributed by atoms with E-state index >= 15 is 0 Å². The molecule has 2 N–H and O–H groups in total. The Morgan fingerprint density at radius 2 is 2.00 bits per heavy atom. The van der Waals surface area contributed by atoms with Crippen molar-refractivity contribution < 1.29 is 13.5 Å². The largest absolute Gasteiger partial charge is 0.395 e. The molecule has 0 amide bonds. The summed E-state index contributed by atoms with van der Waals surface area (Å²) in [7, 11) is -1.87. The third kappa shape index (κ3) is 2.96. The Hall–Kier alpha value is -1.11. The fourth-order valence-corrected chi connectivity index (χ4v) is 3.24. The van der Waals surface area contributed by atoms with Crippen molar-refractivity contribution >= 4 is 15.7 Å². The summed E-state index contributed by atoms with van der Waals surface area (Å²) in [5.74, 6) is 0. The van der Waals surface area contributed by atoms with Crippen molar-refractivity contribution in [2.24, 2.45) is 0 Å². The molecule has 0 atom stereocenters. The Morgan fingerprint density at radius 3 is 2.53 bits per heavy atom. The maximum atomic E-state index is 12.3. The predicted molar refractivity (Wildman–Crippen MR) is 67.5 cm³/mol. The summed E-state index contributed by atoms with van der Waals surface area (Å²) in [4.78, 5) is 0.234. The second kappa shape index (κ2) is 6.00. The van der Waals surface area contributed by atoms with E-state index in [0.717, 1.165) is 0 Å². The van der Waals surface area contributed by atoms with Crippen LogP contribution in [0.1, 0.15) is 6.92 Å². The number of benzene rings is 1. The van der Waals surface area contributed by atoms with Crippen LogP contribution in [0.2, 0.25) is 0 Å². The number of nitrogens with zero attached hydrogens (tertiary/aromatic N) is 1. The van der Waals surface area contributed by atoms with Gasteiger partial charge in [-0.3, -0.25) is 0 Å². The molecule has 5 nitrogen and oxygen atoms in total. The summed E-state index contributed by atoms with van der Waals surface area (Å²) < 4.78 is 25.9. The third-order valence-corrected chi connectivity index (χ3v) is 4.51. The molecule has 0 fully saturated rings. The molecule has 0 aliphatic heterocycles. The summed E-state index contributed by atoms with van der Waals surface area (Å²) in [5.41, 5.74) is 0.559. The van der Waals surface area contributed by atoms with Crippen LogP contribution in [0.5, 0.6) is 0 Å². The van der Waals surface area contributed by atoms with Crippen LogP contribution in [-0.4, -0.2) is 44.6 Å². The SMILES string of the molecule is CCN(CCO)S(=O)(=O)c1ccccc1NC. The number of aliphatic hydroxyl groups is 1. The van der Waals surface area contributed by atoms with E-state index < -0.39 is 10.0 Å². The highest BCUT2D eigenvalue weighted by atomic mass is 32.2. The molecule has 0 bridgehead atoms. The lowest BCUT2D eigenvalue weighted by Crippen LogP contribution is -2.33. The fraction of sp³-hybridized carbons (Fsp3) is 0.455. The van der Waals surface area contributed by atoms with E-state index in [0.29, 0.717) is 12.2 Å². The second-order valence-electron chi connectivity index (χ2n) is 3.47. The van der Waals surface area contributed by atoms with E-state index in [1.165, 1.54) is 4.31 Å². The summed E-state index contributed by atoms with van der Waals surface area (Å²) >= 11 is 0. The molecule has 1 aromatic carbocycles. The van der Waals surface area contributed by atoms with Crippen molar-refractivity contribution in [3.05, 3.63) is 24.3 Å². The standard InChI is InChI=1S/C11H18N2O3S/c1-3-13(8-9-14)17(15,16)11-7-5-4-6-10(11)12-2/h4-7,12,14H,3,8-9H2,1-2H3. The first-order valence-electron chi connectivity index (χ1n) is 5.45. The zero-order valence-electron chi connectivity index (χ0n) is 10.0. The Balaban J connectivity index is 3.20. The fourth-order valence-electron chi connectivity index (χ4n) is 1.60. The van der Waals surface area contributed by atoms with Gasteiger partial charge in [0, 0.05) is 20.1 Å². The van der Waals surface area contributed by atoms with Gasteiger partial charge in [-0.25, -0.2) is 8.42 Å². The summed E-state index contributed by atoms with van der Waals surface area (Å²) in [6.45, 7) is 2.00. The number of nitrogens with one attached hydrogen (secondary N) is 1. The van der Waals surface area contributed by atoms with Crippen LogP contribution in [-0.2, 0) is 10.0 Å². The van der Waals surface area contributed by atoms with Crippen LogP contribution in [0.3, 0.4) is 0 Å². The number of sulfonamides is 1. The monoisotopic (exact) mass is 258 g/mol. The van der Waals surface area contributed by atoms with Crippen LogP contribution in [0, 0.1) is 0 Å².